The number of carbonyl (C=O) groups excluding carboxylic acids is 2. The summed E-state index contributed by atoms with van der Waals surface area (Å²) in [6.45, 7) is 6.02. The molecule has 0 radical (unpaired) electrons. The van der Waals surface area contributed by atoms with Crippen LogP contribution in [0.15, 0.2) is 84.6 Å². The number of benzene rings is 3. The molecule has 3 aromatic carbocycles. The van der Waals surface area contributed by atoms with Gasteiger partial charge < -0.3 is 15.0 Å². The average molecular weight is 468 g/mol. The van der Waals surface area contributed by atoms with E-state index in [1.807, 2.05) is 92.7 Å². The van der Waals surface area contributed by atoms with Crippen LogP contribution in [-0.2, 0) is 9.59 Å². The minimum Gasteiger partial charge on any atom is -0.491 e. The van der Waals surface area contributed by atoms with E-state index in [-0.39, 0.29) is 23.6 Å². The molecule has 0 aromatic heterocycles. The van der Waals surface area contributed by atoms with E-state index in [1.165, 1.54) is 17.7 Å². The van der Waals surface area contributed by atoms with Crippen molar-refractivity contribution in [1.82, 2.24) is 0 Å². The van der Waals surface area contributed by atoms with Crippen molar-refractivity contribution < 1.29 is 14.3 Å². The number of hydrogen-bond acceptors (Lipinski definition) is 5. The Hall–Kier alpha value is -4.06. The molecule has 2 amide bonds. The Morgan fingerprint density at radius 2 is 1.40 bits per heavy atom. The molecular formula is C29H29N3O3. The lowest BCUT2D eigenvalue weighted by atomic mass is 10.0. The Kier molecular flexibility index (Phi) is 6.27. The first kappa shape index (κ1) is 22.7. The summed E-state index contributed by atoms with van der Waals surface area (Å²) < 4.78 is 5.72. The molecule has 6 heteroatoms. The van der Waals surface area contributed by atoms with E-state index in [1.54, 1.807) is 0 Å². The standard InChI is InChI=1S/C29H29N3O3/c1-20(2)35-25-16-10-22(11-17-25)30-27-26(21-8-4-3-5-9-21)28(33)32(29(27)34)24-14-12-23(13-15-24)31-18-6-7-19-31/h3-5,8-17,20,30H,6-7,18-19H2,1-2H3. The number of rotatable bonds is 7. The molecule has 1 saturated heterocycles. The van der Waals surface area contributed by atoms with Crippen LogP contribution < -0.4 is 19.9 Å². The Morgan fingerprint density at radius 1 is 0.771 bits per heavy atom. The fourth-order valence-electron chi connectivity index (χ4n) is 4.57. The average Bonchev–Trinajstić information content (AvgIpc) is 3.48. The second kappa shape index (κ2) is 9.66. The zero-order valence-corrected chi connectivity index (χ0v) is 20.0. The van der Waals surface area contributed by atoms with Gasteiger partial charge in [0, 0.05) is 24.5 Å². The molecule has 2 heterocycles. The molecule has 1 fully saturated rings. The maximum Gasteiger partial charge on any atom is 0.282 e. The summed E-state index contributed by atoms with van der Waals surface area (Å²) in [5.74, 6) is 0.0408. The first-order valence-electron chi connectivity index (χ1n) is 12.1. The highest BCUT2D eigenvalue weighted by Gasteiger charge is 2.40. The second-order valence-electron chi connectivity index (χ2n) is 9.09. The minimum atomic E-state index is -0.370. The van der Waals surface area contributed by atoms with Gasteiger partial charge in [0.2, 0.25) is 0 Å². The van der Waals surface area contributed by atoms with Gasteiger partial charge in [-0.05, 0) is 80.8 Å². The van der Waals surface area contributed by atoms with E-state index < -0.39 is 0 Å². The molecule has 0 saturated carbocycles. The molecule has 0 unspecified atom stereocenters. The highest BCUT2D eigenvalue weighted by molar-refractivity contribution is 6.46. The highest BCUT2D eigenvalue weighted by Crippen LogP contribution is 2.35. The van der Waals surface area contributed by atoms with Gasteiger partial charge in [-0.1, -0.05) is 30.3 Å². The van der Waals surface area contributed by atoms with Gasteiger partial charge in [-0.15, -0.1) is 0 Å². The first-order valence-corrected chi connectivity index (χ1v) is 12.1. The van der Waals surface area contributed by atoms with Crippen molar-refractivity contribution in [2.45, 2.75) is 32.8 Å². The van der Waals surface area contributed by atoms with Gasteiger partial charge in [0.1, 0.15) is 11.4 Å². The van der Waals surface area contributed by atoms with Crippen molar-refractivity contribution in [3.63, 3.8) is 0 Å². The van der Waals surface area contributed by atoms with E-state index >= 15 is 0 Å². The summed E-state index contributed by atoms with van der Waals surface area (Å²) in [5, 5.41) is 3.21. The van der Waals surface area contributed by atoms with Gasteiger partial charge in [0.15, 0.2) is 0 Å². The number of amides is 2. The topological polar surface area (TPSA) is 61.9 Å². The highest BCUT2D eigenvalue weighted by atomic mass is 16.5. The van der Waals surface area contributed by atoms with Crippen molar-refractivity contribution in [1.29, 1.82) is 0 Å². The van der Waals surface area contributed by atoms with Gasteiger partial charge in [-0.2, -0.15) is 0 Å². The summed E-state index contributed by atoms with van der Waals surface area (Å²) in [7, 11) is 0. The van der Waals surface area contributed by atoms with Crippen LogP contribution in [-0.4, -0.2) is 31.0 Å². The van der Waals surface area contributed by atoms with Crippen LogP contribution >= 0.6 is 0 Å². The molecule has 2 aliphatic heterocycles. The second-order valence-corrected chi connectivity index (χ2v) is 9.09. The third kappa shape index (κ3) is 4.64. The summed E-state index contributed by atoms with van der Waals surface area (Å²) >= 11 is 0. The van der Waals surface area contributed by atoms with Crippen LogP contribution in [0.25, 0.3) is 5.57 Å². The Labute approximate surface area is 205 Å². The number of ether oxygens (including phenoxy) is 1. The normalized spacial score (nSPS) is 16.0. The van der Waals surface area contributed by atoms with E-state index in [9.17, 15) is 9.59 Å². The fraction of sp³-hybridized carbons (Fsp3) is 0.241. The first-order chi connectivity index (χ1) is 17.0. The number of imide groups is 1. The fourth-order valence-corrected chi connectivity index (χ4v) is 4.57. The predicted molar refractivity (Wildman–Crippen MR) is 140 cm³/mol. The lowest BCUT2D eigenvalue weighted by molar-refractivity contribution is -0.120. The molecule has 2 aliphatic rings. The van der Waals surface area contributed by atoms with Gasteiger partial charge in [-0.3, -0.25) is 9.59 Å². The molecule has 3 aromatic rings. The molecule has 0 aliphatic carbocycles. The SMILES string of the molecule is CC(C)Oc1ccc(NC2=C(c3ccccc3)C(=O)N(c3ccc(N4CCCC4)cc3)C2=O)cc1. The van der Waals surface area contributed by atoms with Gasteiger partial charge in [0.05, 0.1) is 17.4 Å². The molecule has 6 nitrogen and oxygen atoms in total. The lowest BCUT2D eigenvalue weighted by Crippen LogP contribution is -2.32. The smallest absolute Gasteiger partial charge is 0.282 e. The zero-order valence-electron chi connectivity index (χ0n) is 20.0. The molecule has 0 spiro atoms. The summed E-state index contributed by atoms with van der Waals surface area (Å²) in [6, 6.07) is 24.4. The zero-order chi connectivity index (χ0) is 24.4. The predicted octanol–water partition coefficient (Wildman–Crippen LogP) is 5.47. The van der Waals surface area contributed by atoms with Gasteiger partial charge >= 0.3 is 0 Å². The van der Waals surface area contributed by atoms with Crippen molar-refractivity contribution in [2.24, 2.45) is 0 Å². The Morgan fingerprint density at radius 3 is 2.03 bits per heavy atom. The van der Waals surface area contributed by atoms with Crippen molar-refractivity contribution in [3.8, 4) is 5.75 Å². The largest absolute Gasteiger partial charge is 0.491 e. The lowest BCUT2D eigenvalue weighted by Gasteiger charge is -2.20. The summed E-state index contributed by atoms with van der Waals surface area (Å²) in [5.41, 5.74) is 3.71. The van der Waals surface area contributed by atoms with E-state index in [4.69, 9.17) is 4.74 Å². The molecule has 0 atom stereocenters. The molecule has 178 valence electrons. The quantitative estimate of drug-likeness (QED) is 0.467. The minimum absolute atomic E-state index is 0.0700. The molecular weight excluding hydrogens is 438 g/mol. The maximum atomic E-state index is 13.6. The monoisotopic (exact) mass is 467 g/mol. The maximum absolute atomic E-state index is 13.6. The van der Waals surface area contributed by atoms with Crippen molar-refractivity contribution in [2.75, 3.05) is 28.2 Å². The molecule has 5 rings (SSSR count). The number of nitrogens with one attached hydrogen (secondary N) is 1. The van der Waals surface area contributed by atoms with Crippen LogP contribution in [0.4, 0.5) is 17.1 Å². The number of carbonyl (C=O) groups is 2. The van der Waals surface area contributed by atoms with Crippen LogP contribution in [0.3, 0.4) is 0 Å². The summed E-state index contributed by atoms with van der Waals surface area (Å²) in [4.78, 5) is 30.8. The number of nitrogens with zero attached hydrogens (tertiary/aromatic N) is 2. The van der Waals surface area contributed by atoms with Gasteiger partial charge in [-0.25, -0.2) is 4.90 Å². The molecule has 1 N–H and O–H groups in total. The Bertz CT molecular complexity index is 1240. The van der Waals surface area contributed by atoms with Crippen LogP contribution in [0.5, 0.6) is 5.75 Å². The molecule has 0 bridgehead atoms. The van der Waals surface area contributed by atoms with Crippen molar-refractivity contribution in [3.05, 3.63) is 90.1 Å². The third-order valence-corrected chi connectivity index (χ3v) is 6.22. The van der Waals surface area contributed by atoms with E-state index in [0.29, 0.717) is 22.5 Å². The molecule has 35 heavy (non-hydrogen) atoms. The Balaban J connectivity index is 1.46. The van der Waals surface area contributed by atoms with E-state index in [2.05, 4.69) is 10.2 Å². The van der Waals surface area contributed by atoms with Gasteiger partial charge in [0.25, 0.3) is 11.8 Å². The van der Waals surface area contributed by atoms with Crippen LogP contribution in [0, 0.1) is 0 Å². The van der Waals surface area contributed by atoms with Crippen LogP contribution in [0.2, 0.25) is 0 Å². The summed E-state index contributed by atoms with van der Waals surface area (Å²) in [6.07, 6.45) is 2.45. The van der Waals surface area contributed by atoms with Crippen LogP contribution in [0.1, 0.15) is 32.3 Å². The number of anilines is 3. The number of hydrogen-bond donors (Lipinski definition) is 1. The third-order valence-electron chi connectivity index (χ3n) is 6.22. The van der Waals surface area contributed by atoms with Crippen molar-refractivity contribution >= 4 is 34.4 Å². The van der Waals surface area contributed by atoms with E-state index in [0.717, 1.165) is 24.5 Å².